The maximum absolute atomic E-state index is 13.3. The van der Waals surface area contributed by atoms with Crippen molar-refractivity contribution in [3.05, 3.63) is 99.0 Å². The second-order valence-corrected chi connectivity index (χ2v) is 7.51. The van der Waals surface area contributed by atoms with Crippen LogP contribution in [0.25, 0.3) is 11.2 Å². The summed E-state index contributed by atoms with van der Waals surface area (Å²) in [6.07, 6.45) is 1.52. The smallest absolute Gasteiger partial charge is 0.320 e. The van der Waals surface area contributed by atoms with Crippen LogP contribution in [-0.2, 0) is 29.2 Å². The standard InChI is InChI=1S/C23H22N6O4/c1-16(30)25-26-19(31)14-29-22(32)20-21(24-15-27(20)12-17-8-4-2-5-9-17)28(23(29)33)13-18-10-6-3-7-11-18/h2-11,15H,12-14H2,1H3,(H,25,30)(H,26,31). The summed E-state index contributed by atoms with van der Waals surface area (Å²) in [5.41, 5.74) is 5.27. The molecule has 2 amide bonds. The fraction of sp³-hybridized carbons (Fsp3) is 0.174. The van der Waals surface area contributed by atoms with Crippen LogP contribution < -0.4 is 22.1 Å². The number of hydrogen-bond donors (Lipinski definition) is 2. The molecule has 10 nitrogen and oxygen atoms in total. The summed E-state index contributed by atoms with van der Waals surface area (Å²) < 4.78 is 3.89. The van der Waals surface area contributed by atoms with Gasteiger partial charge in [0.25, 0.3) is 11.5 Å². The lowest BCUT2D eigenvalue weighted by Crippen LogP contribution is -2.47. The van der Waals surface area contributed by atoms with E-state index in [-0.39, 0.29) is 17.7 Å². The van der Waals surface area contributed by atoms with E-state index in [2.05, 4.69) is 15.8 Å². The number of aromatic nitrogens is 4. The minimum atomic E-state index is -0.705. The number of nitrogens with zero attached hydrogens (tertiary/aromatic N) is 4. The molecule has 0 radical (unpaired) electrons. The van der Waals surface area contributed by atoms with Crippen molar-refractivity contribution < 1.29 is 9.59 Å². The number of benzene rings is 2. The lowest BCUT2D eigenvalue weighted by Gasteiger charge is -2.13. The number of carbonyl (C=O) groups is 2. The Labute approximate surface area is 188 Å². The molecule has 0 aliphatic rings. The molecule has 0 aliphatic heterocycles. The van der Waals surface area contributed by atoms with Crippen LogP contribution in [0.5, 0.6) is 0 Å². The van der Waals surface area contributed by atoms with E-state index >= 15 is 0 Å². The average molecular weight is 446 g/mol. The SMILES string of the molecule is CC(=O)NNC(=O)Cn1c(=O)c2c(ncn2Cc2ccccc2)n(Cc2ccccc2)c1=O. The van der Waals surface area contributed by atoms with E-state index in [0.717, 1.165) is 15.7 Å². The summed E-state index contributed by atoms with van der Waals surface area (Å²) in [5, 5.41) is 0. The van der Waals surface area contributed by atoms with Gasteiger partial charge in [0.1, 0.15) is 6.54 Å². The molecule has 2 aromatic carbocycles. The Bertz CT molecular complexity index is 1420. The quantitative estimate of drug-likeness (QED) is 0.421. The molecule has 0 atom stereocenters. The molecule has 0 fully saturated rings. The van der Waals surface area contributed by atoms with Crippen molar-refractivity contribution in [3.63, 3.8) is 0 Å². The minimum absolute atomic E-state index is 0.173. The predicted octanol–water partition coefficient (Wildman–Crippen LogP) is 0.624. The second kappa shape index (κ2) is 9.35. The van der Waals surface area contributed by atoms with E-state index in [1.54, 1.807) is 4.57 Å². The predicted molar refractivity (Wildman–Crippen MR) is 121 cm³/mol. The Kier molecular flexibility index (Phi) is 6.16. The Morgan fingerprint density at radius 3 is 2.06 bits per heavy atom. The molecule has 0 aliphatic carbocycles. The summed E-state index contributed by atoms with van der Waals surface area (Å²) >= 11 is 0. The van der Waals surface area contributed by atoms with Gasteiger partial charge in [-0.1, -0.05) is 60.7 Å². The summed E-state index contributed by atoms with van der Waals surface area (Å²) in [6.45, 7) is 1.22. The molecule has 0 bridgehead atoms. The normalized spacial score (nSPS) is 10.8. The molecule has 2 aromatic heterocycles. The van der Waals surface area contributed by atoms with Crippen molar-refractivity contribution in [2.45, 2.75) is 26.6 Å². The fourth-order valence-corrected chi connectivity index (χ4v) is 3.53. The van der Waals surface area contributed by atoms with Crippen LogP contribution in [0.15, 0.2) is 76.6 Å². The van der Waals surface area contributed by atoms with E-state index in [1.807, 2.05) is 60.7 Å². The van der Waals surface area contributed by atoms with Crippen LogP contribution in [0.2, 0.25) is 0 Å². The first kappa shape index (κ1) is 21.8. The zero-order chi connectivity index (χ0) is 23.4. The summed E-state index contributed by atoms with van der Waals surface area (Å²) in [4.78, 5) is 54.3. The van der Waals surface area contributed by atoms with E-state index in [9.17, 15) is 19.2 Å². The van der Waals surface area contributed by atoms with Crippen molar-refractivity contribution >= 4 is 23.0 Å². The number of hydrogen-bond acceptors (Lipinski definition) is 5. The largest absolute Gasteiger partial charge is 0.333 e. The van der Waals surface area contributed by atoms with Crippen LogP contribution in [0.3, 0.4) is 0 Å². The van der Waals surface area contributed by atoms with Crippen molar-refractivity contribution in [1.29, 1.82) is 0 Å². The van der Waals surface area contributed by atoms with Crippen LogP contribution in [0.1, 0.15) is 18.1 Å². The monoisotopic (exact) mass is 446 g/mol. The highest BCUT2D eigenvalue weighted by atomic mass is 16.2. The lowest BCUT2D eigenvalue weighted by atomic mass is 10.2. The number of fused-ring (bicyclic) bond motifs is 1. The van der Waals surface area contributed by atoms with Gasteiger partial charge in [0.15, 0.2) is 11.2 Å². The molecule has 0 spiro atoms. The van der Waals surface area contributed by atoms with E-state index in [1.165, 1.54) is 17.8 Å². The van der Waals surface area contributed by atoms with Crippen molar-refractivity contribution in [1.82, 2.24) is 29.5 Å². The molecule has 0 unspecified atom stereocenters. The highest BCUT2D eigenvalue weighted by Gasteiger charge is 2.20. The number of imidazole rings is 1. The fourth-order valence-electron chi connectivity index (χ4n) is 3.53. The van der Waals surface area contributed by atoms with Gasteiger partial charge in [0, 0.05) is 13.5 Å². The van der Waals surface area contributed by atoms with Gasteiger partial charge in [-0.05, 0) is 11.1 Å². The van der Waals surface area contributed by atoms with Crippen LogP contribution in [-0.4, -0.2) is 30.5 Å². The molecular weight excluding hydrogens is 424 g/mol. The molecular formula is C23H22N6O4. The molecule has 33 heavy (non-hydrogen) atoms. The Hall–Kier alpha value is -4.47. The highest BCUT2D eigenvalue weighted by Crippen LogP contribution is 2.12. The third kappa shape index (κ3) is 4.74. The third-order valence-corrected chi connectivity index (χ3v) is 5.04. The average Bonchev–Trinajstić information content (AvgIpc) is 3.23. The molecule has 2 heterocycles. The Morgan fingerprint density at radius 2 is 1.45 bits per heavy atom. The van der Waals surface area contributed by atoms with E-state index in [0.29, 0.717) is 6.54 Å². The first-order valence-electron chi connectivity index (χ1n) is 10.3. The number of carbonyl (C=O) groups excluding carboxylic acids is 2. The summed E-state index contributed by atoms with van der Waals surface area (Å²) in [7, 11) is 0. The molecule has 0 saturated heterocycles. The molecule has 168 valence electrons. The molecule has 0 saturated carbocycles. The number of hydrazine groups is 1. The zero-order valence-electron chi connectivity index (χ0n) is 17.9. The first-order chi connectivity index (χ1) is 15.9. The zero-order valence-corrected chi connectivity index (χ0v) is 17.9. The molecule has 10 heteroatoms. The number of rotatable bonds is 6. The topological polar surface area (TPSA) is 120 Å². The van der Waals surface area contributed by atoms with Crippen molar-refractivity contribution in [3.8, 4) is 0 Å². The molecule has 2 N–H and O–H groups in total. The second-order valence-electron chi connectivity index (χ2n) is 7.51. The van der Waals surface area contributed by atoms with Crippen LogP contribution in [0.4, 0.5) is 0 Å². The summed E-state index contributed by atoms with van der Waals surface area (Å²) in [6, 6.07) is 18.8. The number of amides is 2. The van der Waals surface area contributed by atoms with E-state index in [4.69, 9.17) is 0 Å². The van der Waals surface area contributed by atoms with Crippen LogP contribution >= 0.6 is 0 Å². The van der Waals surface area contributed by atoms with E-state index < -0.39 is 29.6 Å². The van der Waals surface area contributed by atoms with Crippen molar-refractivity contribution in [2.75, 3.05) is 0 Å². The lowest BCUT2D eigenvalue weighted by molar-refractivity contribution is -0.128. The van der Waals surface area contributed by atoms with Crippen molar-refractivity contribution in [2.24, 2.45) is 0 Å². The summed E-state index contributed by atoms with van der Waals surface area (Å²) in [5.74, 6) is -1.18. The Balaban J connectivity index is 1.83. The van der Waals surface area contributed by atoms with Gasteiger partial charge in [-0.2, -0.15) is 0 Å². The van der Waals surface area contributed by atoms with Gasteiger partial charge >= 0.3 is 5.69 Å². The maximum atomic E-state index is 13.3. The van der Waals surface area contributed by atoms with Gasteiger partial charge in [-0.3, -0.25) is 29.8 Å². The van der Waals surface area contributed by atoms with Gasteiger partial charge in [0.2, 0.25) is 5.91 Å². The van der Waals surface area contributed by atoms with Gasteiger partial charge in [-0.25, -0.2) is 14.3 Å². The van der Waals surface area contributed by atoms with Gasteiger partial charge in [-0.15, -0.1) is 0 Å². The molecule has 4 aromatic rings. The third-order valence-electron chi connectivity index (χ3n) is 5.04. The Morgan fingerprint density at radius 1 is 0.848 bits per heavy atom. The minimum Gasteiger partial charge on any atom is -0.320 e. The first-order valence-corrected chi connectivity index (χ1v) is 10.3. The van der Waals surface area contributed by atoms with Gasteiger partial charge in [0.05, 0.1) is 12.9 Å². The molecule has 4 rings (SSSR count). The highest BCUT2D eigenvalue weighted by molar-refractivity contribution is 5.80. The van der Waals surface area contributed by atoms with Gasteiger partial charge < -0.3 is 4.57 Å². The maximum Gasteiger partial charge on any atom is 0.333 e. The van der Waals surface area contributed by atoms with Crippen LogP contribution in [0, 0.1) is 0 Å². The number of nitrogens with one attached hydrogen (secondary N) is 2.